The number of halogens is 4. The van der Waals surface area contributed by atoms with Crippen LogP contribution in [0.4, 0.5) is 19.1 Å². The average Bonchev–Trinajstić information content (AvgIpc) is 2.24. The molecule has 0 saturated heterocycles. The molecule has 1 atom stereocenters. The van der Waals surface area contributed by atoms with Crippen molar-refractivity contribution in [3.05, 3.63) is 16.9 Å². The summed E-state index contributed by atoms with van der Waals surface area (Å²) in [4.78, 5) is 6.91. The molecule has 0 spiro atoms. The lowest BCUT2D eigenvalue weighted by atomic mass is 10.2. The van der Waals surface area contributed by atoms with Crippen LogP contribution in [0.15, 0.2) is 6.07 Å². The zero-order chi connectivity index (χ0) is 13.1. The van der Waals surface area contributed by atoms with Crippen molar-refractivity contribution in [1.29, 1.82) is 0 Å². The van der Waals surface area contributed by atoms with Crippen molar-refractivity contribution in [2.24, 2.45) is 0 Å². The van der Waals surface area contributed by atoms with Crippen LogP contribution >= 0.6 is 11.6 Å². The van der Waals surface area contributed by atoms with Crippen molar-refractivity contribution < 1.29 is 18.3 Å². The molecule has 0 fully saturated rings. The highest BCUT2D eigenvalue weighted by Gasteiger charge is 2.33. The number of rotatable bonds is 4. The van der Waals surface area contributed by atoms with E-state index >= 15 is 0 Å². The summed E-state index contributed by atoms with van der Waals surface area (Å²) in [5.74, 6) is -0.245. The number of aromatic nitrogens is 2. The first-order valence-corrected chi connectivity index (χ1v) is 5.23. The molecule has 96 valence electrons. The van der Waals surface area contributed by atoms with Gasteiger partial charge in [0.25, 0.3) is 0 Å². The Morgan fingerprint density at radius 3 is 2.59 bits per heavy atom. The van der Waals surface area contributed by atoms with Crippen LogP contribution in [-0.2, 0) is 6.18 Å². The summed E-state index contributed by atoms with van der Waals surface area (Å²) >= 11 is 5.47. The van der Waals surface area contributed by atoms with Gasteiger partial charge in [-0.15, -0.1) is 0 Å². The molecular weight excluding hydrogens is 259 g/mol. The predicted molar refractivity (Wildman–Crippen MR) is 56.8 cm³/mol. The van der Waals surface area contributed by atoms with Gasteiger partial charge < -0.3 is 10.4 Å². The maximum absolute atomic E-state index is 12.4. The van der Waals surface area contributed by atoms with Crippen molar-refractivity contribution in [3.63, 3.8) is 0 Å². The third-order valence-corrected chi connectivity index (χ3v) is 2.23. The monoisotopic (exact) mass is 269 g/mol. The third-order valence-electron chi connectivity index (χ3n) is 2.03. The number of alkyl halides is 3. The van der Waals surface area contributed by atoms with Gasteiger partial charge >= 0.3 is 6.18 Å². The summed E-state index contributed by atoms with van der Waals surface area (Å²) in [6, 6.07) is 0.238. The molecule has 1 rings (SSSR count). The van der Waals surface area contributed by atoms with Gasteiger partial charge in [-0.3, -0.25) is 0 Å². The van der Waals surface area contributed by atoms with Gasteiger partial charge in [-0.25, -0.2) is 9.97 Å². The second-order valence-corrected chi connectivity index (χ2v) is 3.72. The Balaban J connectivity index is 2.97. The molecule has 1 aromatic rings. The molecule has 0 saturated carbocycles. The number of nitrogens with one attached hydrogen (secondary N) is 1. The zero-order valence-electron chi connectivity index (χ0n) is 8.92. The van der Waals surface area contributed by atoms with E-state index in [-0.39, 0.29) is 17.7 Å². The quantitative estimate of drug-likeness (QED) is 0.824. The van der Waals surface area contributed by atoms with Crippen LogP contribution in [0.3, 0.4) is 0 Å². The molecule has 17 heavy (non-hydrogen) atoms. The minimum absolute atomic E-state index is 0.228. The largest absolute Gasteiger partial charge is 0.433 e. The van der Waals surface area contributed by atoms with E-state index in [9.17, 15) is 13.2 Å². The van der Waals surface area contributed by atoms with Crippen molar-refractivity contribution in [3.8, 4) is 0 Å². The highest BCUT2D eigenvalue weighted by molar-refractivity contribution is 6.29. The minimum atomic E-state index is -4.58. The lowest BCUT2D eigenvalue weighted by Crippen LogP contribution is -2.24. The van der Waals surface area contributed by atoms with Gasteiger partial charge in [-0.1, -0.05) is 18.5 Å². The van der Waals surface area contributed by atoms with E-state index in [2.05, 4.69) is 15.3 Å². The topological polar surface area (TPSA) is 58.0 Å². The summed E-state index contributed by atoms with van der Waals surface area (Å²) < 4.78 is 37.3. The van der Waals surface area contributed by atoms with Crippen LogP contribution < -0.4 is 5.32 Å². The molecule has 2 N–H and O–H groups in total. The summed E-state index contributed by atoms with van der Waals surface area (Å²) in [6.07, 6.45) is -4.06. The average molecular weight is 270 g/mol. The van der Waals surface area contributed by atoms with E-state index in [0.29, 0.717) is 12.5 Å². The summed E-state index contributed by atoms with van der Waals surface area (Å²) in [5, 5.41) is 11.2. The lowest BCUT2D eigenvalue weighted by Gasteiger charge is -2.15. The maximum Gasteiger partial charge on any atom is 0.433 e. The Morgan fingerprint density at radius 1 is 1.47 bits per heavy atom. The number of anilines is 1. The summed E-state index contributed by atoms with van der Waals surface area (Å²) in [6.45, 7) is 1.54. The molecule has 0 aliphatic heterocycles. The van der Waals surface area contributed by atoms with Crippen LogP contribution in [0, 0.1) is 0 Å². The molecular formula is C9H11ClF3N3O. The van der Waals surface area contributed by atoms with Gasteiger partial charge in [0.2, 0.25) is 5.95 Å². The fourth-order valence-electron chi connectivity index (χ4n) is 1.09. The number of aliphatic hydroxyl groups is 1. The fourth-order valence-corrected chi connectivity index (χ4v) is 1.27. The second kappa shape index (κ2) is 5.50. The third kappa shape index (κ3) is 4.01. The summed E-state index contributed by atoms with van der Waals surface area (Å²) in [7, 11) is 0. The van der Waals surface area contributed by atoms with Crippen molar-refractivity contribution in [2.45, 2.75) is 25.6 Å². The van der Waals surface area contributed by atoms with Gasteiger partial charge in [-0.05, 0) is 6.42 Å². The number of hydrogen-bond acceptors (Lipinski definition) is 4. The molecule has 4 nitrogen and oxygen atoms in total. The van der Waals surface area contributed by atoms with E-state index < -0.39 is 17.9 Å². The molecule has 8 heteroatoms. The molecule has 0 radical (unpaired) electrons. The minimum Gasteiger partial charge on any atom is -0.394 e. The van der Waals surface area contributed by atoms with E-state index in [4.69, 9.17) is 16.7 Å². The molecule has 0 bridgehead atoms. The smallest absolute Gasteiger partial charge is 0.394 e. The Morgan fingerprint density at radius 2 is 2.12 bits per heavy atom. The van der Waals surface area contributed by atoms with E-state index in [1.54, 1.807) is 6.92 Å². The molecule has 1 heterocycles. The molecule has 1 aromatic heterocycles. The summed E-state index contributed by atoms with van der Waals surface area (Å²) in [5.41, 5.74) is -1.12. The highest BCUT2D eigenvalue weighted by Crippen LogP contribution is 2.29. The molecule has 1 unspecified atom stereocenters. The molecule has 0 aromatic carbocycles. The van der Waals surface area contributed by atoms with Crippen LogP contribution in [0.2, 0.25) is 5.15 Å². The van der Waals surface area contributed by atoms with Crippen molar-refractivity contribution in [1.82, 2.24) is 9.97 Å². The fraction of sp³-hybridized carbons (Fsp3) is 0.556. The first-order chi connectivity index (χ1) is 7.86. The standard InChI is InChI=1S/C9H11ClF3N3O/c1-2-5(4-17)14-8-15-6(9(11,12)13)3-7(10)16-8/h3,5,17H,2,4H2,1H3,(H,14,15,16). The normalized spacial score (nSPS) is 13.5. The van der Waals surface area contributed by atoms with Gasteiger partial charge in [-0.2, -0.15) is 13.2 Å². The van der Waals surface area contributed by atoms with E-state index in [0.717, 1.165) is 0 Å². The van der Waals surface area contributed by atoms with Crippen molar-refractivity contribution >= 4 is 17.5 Å². The molecule has 0 aliphatic rings. The lowest BCUT2D eigenvalue weighted by molar-refractivity contribution is -0.141. The van der Waals surface area contributed by atoms with Gasteiger partial charge in [0, 0.05) is 6.07 Å². The SMILES string of the molecule is CCC(CO)Nc1nc(Cl)cc(C(F)(F)F)n1. The number of aliphatic hydroxyl groups excluding tert-OH is 1. The van der Waals surface area contributed by atoms with Gasteiger partial charge in [0.1, 0.15) is 5.15 Å². The van der Waals surface area contributed by atoms with Gasteiger partial charge in [0.15, 0.2) is 5.69 Å². The first-order valence-electron chi connectivity index (χ1n) is 4.86. The Kier molecular flexibility index (Phi) is 4.53. The molecule has 0 amide bonds. The van der Waals surface area contributed by atoms with Crippen LogP contribution in [0.25, 0.3) is 0 Å². The van der Waals surface area contributed by atoms with Crippen LogP contribution in [-0.4, -0.2) is 27.7 Å². The predicted octanol–water partition coefficient (Wildman–Crippen LogP) is 2.33. The number of hydrogen-bond donors (Lipinski definition) is 2. The van der Waals surface area contributed by atoms with Crippen LogP contribution in [0.1, 0.15) is 19.0 Å². The zero-order valence-corrected chi connectivity index (χ0v) is 9.68. The highest BCUT2D eigenvalue weighted by atomic mass is 35.5. The van der Waals surface area contributed by atoms with Crippen molar-refractivity contribution in [2.75, 3.05) is 11.9 Å². The second-order valence-electron chi connectivity index (χ2n) is 3.33. The Bertz CT molecular complexity index is 382. The maximum atomic E-state index is 12.4. The first kappa shape index (κ1) is 14.0. The Labute approximate surface area is 101 Å². The van der Waals surface area contributed by atoms with Gasteiger partial charge in [0.05, 0.1) is 12.6 Å². The van der Waals surface area contributed by atoms with Crippen LogP contribution in [0.5, 0.6) is 0 Å². The Hall–Kier alpha value is -1.08. The number of nitrogens with zero attached hydrogens (tertiary/aromatic N) is 2. The van der Waals surface area contributed by atoms with E-state index in [1.165, 1.54) is 0 Å². The van der Waals surface area contributed by atoms with E-state index in [1.807, 2.05) is 0 Å². The molecule has 0 aliphatic carbocycles.